The van der Waals surface area contributed by atoms with Gasteiger partial charge >= 0.3 is 5.97 Å². The molecule has 0 aromatic heterocycles. The summed E-state index contributed by atoms with van der Waals surface area (Å²) in [5.74, 6) is -0.927. The first kappa shape index (κ1) is 9.96. The summed E-state index contributed by atoms with van der Waals surface area (Å²) in [6, 6.07) is 1.84. The first-order valence-electron chi connectivity index (χ1n) is 5.31. The Morgan fingerprint density at radius 2 is 2.12 bits per heavy atom. The molecule has 0 spiro atoms. The zero-order valence-electron chi connectivity index (χ0n) is 9.48. The SMILES string of the molecule is CC1=Nc2cc3c(c(C(=O)O)c2=C1C)C=CN=3. The Morgan fingerprint density at radius 3 is 2.82 bits per heavy atom. The molecule has 84 valence electrons. The van der Waals surface area contributed by atoms with E-state index in [1.54, 1.807) is 12.3 Å². The summed E-state index contributed by atoms with van der Waals surface area (Å²) in [6.07, 6.45) is 3.36. The number of fused-ring (bicyclic) bond motifs is 2. The first-order chi connectivity index (χ1) is 8.09. The topological polar surface area (TPSA) is 62.0 Å². The Hall–Kier alpha value is -2.23. The van der Waals surface area contributed by atoms with Crippen molar-refractivity contribution in [1.29, 1.82) is 0 Å². The van der Waals surface area contributed by atoms with E-state index >= 15 is 0 Å². The van der Waals surface area contributed by atoms with Crippen molar-refractivity contribution in [2.24, 2.45) is 9.98 Å². The Morgan fingerprint density at radius 1 is 1.35 bits per heavy atom. The van der Waals surface area contributed by atoms with Gasteiger partial charge in [0.2, 0.25) is 0 Å². The zero-order valence-corrected chi connectivity index (χ0v) is 9.48. The maximum Gasteiger partial charge on any atom is 0.337 e. The highest BCUT2D eigenvalue weighted by molar-refractivity contribution is 6.21. The van der Waals surface area contributed by atoms with Gasteiger partial charge in [0.05, 0.1) is 16.6 Å². The molecule has 0 saturated carbocycles. The van der Waals surface area contributed by atoms with E-state index in [1.165, 1.54) is 0 Å². The molecule has 0 saturated heterocycles. The molecule has 4 nitrogen and oxygen atoms in total. The lowest BCUT2D eigenvalue weighted by atomic mass is 10.0. The van der Waals surface area contributed by atoms with Crippen LogP contribution in [-0.2, 0) is 0 Å². The molecule has 0 aliphatic carbocycles. The summed E-state index contributed by atoms with van der Waals surface area (Å²) >= 11 is 0. The van der Waals surface area contributed by atoms with Crippen LogP contribution in [0, 0.1) is 0 Å². The van der Waals surface area contributed by atoms with E-state index in [0.717, 1.165) is 16.5 Å². The molecule has 0 atom stereocenters. The largest absolute Gasteiger partial charge is 0.478 e. The summed E-state index contributed by atoms with van der Waals surface area (Å²) in [6.45, 7) is 3.79. The van der Waals surface area contributed by atoms with Gasteiger partial charge in [-0.05, 0) is 31.6 Å². The van der Waals surface area contributed by atoms with Crippen LogP contribution in [0.3, 0.4) is 0 Å². The Bertz CT molecular complexity index is 740. The standard InChI is InChI=1S/C13H10N2O2/c1-6-7(2)15-10-5-9-8(3-4-14-9)12(11(6)10)13(16)17/h3-5H,1-2H3,(H,16,17). The number of aromatic carboxylic acids is 1. The van der Waals surface area contributed by atoms with Gasteiger partial charge in [-0.1, -0.05) is 0 Å². The van der Waals surface area contributed by atoms with Crippen LogP contribution >= 0.6 is 0 Å². The fourth-order valence-corrected chi connectivity index (χ4v) is 2.27. The van der Waals surface area contributed by atoms with Crippen molar-refractivity contribution in [1.82, 2.24) is 0 Å². The third-order valence-electron chi connectivity index (χ3n) is 3.20. The maximum absolute atomic E-state index is 11.4. The van der Waals surface area contributed by atoms with E-state index in [9.17, 15) is 9.90 Å². The number of rotatable bonds is 1. The fraction of sp³-hybridized carbons (Fsp3) is 0.154. The average Bonchev–Trinajstić information content (AvgIpc) is 2.82. The Kier molecular flexibility index (Phi) is 1.84. The lowest BCUT2D eigenvalue weighted by molar-refractivity contribution is 0.0695. The second-order valence-corrected chi connectivity index (χ2v) is 4.15. The van der Waals surface area contributed by atoms with Gasteiger partial charge in [-0.2, -0.15) is 0 Å². The van der Waals surface area contributed by atoms with Crippen LogP contribution in [0.1, 0.15) is 29.8 Å². The summed E-state index contributed by atoms with van der Waals surface area (Å²) in [5, 5.41) is 10.8. The molecule has 1 N–H and O–H groups in total. The molecule has 0 radical (unpaired) electrons. The normalized spacial score (nSPS) is 15.4. The molecular formula is C13H10N2O2. The van der Waals surface area contributed by atoms with E-state index in [1.807, 2.05) is 19.9 Å². The van der Waals surface area contributed by atoms with Crippen LogP contribution in [0.15, 0.2) is 22.3 Å². The third-order valence-corrected chi connectivity index (χ3v) is 3.20. The lowest BCUT2D eigenvalue weighted by Crippen LogP contribution is -2.23. The average molecular weight is 226 g/mol. The minimum Gasteiger partial charge on any atom is -0.478 e. The predicted octanol–water partition coefficient (Wildman–Crippen LogP) is 1.27. The van der Waals surface area contributed by atoms with Crippen LogP contribution in [0.25, 0.3) is 11.6 Å². The molecule has 3 rings (SSSR count). The molecule has 0 amide bonds. The second-order valence-electron chi connectivity index (χ2n) is 4.15. The molecule has 17 heavy (non-hydrogen) atoms. The van der Waals surface area contributed by atoms with Crippen molar-refractivity contribution >= 4 is 29.0 Å². The van der Waals surface area contributed by atoms with E-state index in [0.29, 0.717) is 22.2 Å². The van der Waals surface area contributed by atoms with Crippen molar-refractivity contribution in [2.75, 3.05) is 0 Å². The number of carboxylic acids is 1. The minimum absolute atomic E-state index is 0.313. The van der Waals surface area contributed by atoms with Crippen LogP contribution in [0.2, 0.25) is 0 Å². The van der Waals surface area contributed by atoms with Gasteiger partial charge in [0.1, 0.15) is 0 Å². The van der Waals surface area contributed by atoms with Gasteiger partial charge < -0.3 is 5.11 Å². The minimum atomic E-state index is -0.927. The predicted molar refractivity (Wildman–Crippen MR) is 65.1 cm³/mol. The van der Waals surface area contributed by atoms with Crippen LogP contribution in [0.5, 0.6) is 0 Å². The quantitative estimate of drug-likeness (QED) is 0.783. The van der Waals surface area contributed by atoms with Gasteiger partial charge in [-0.25, -0.2) is 4.79 Å². The molecule has 1 aromatic carbocycles. The highest BCUT2D eigenvalue weighted by Gasteiger charge is 2.22. The molecule has 1 aromatic rings. The summed E-state index contributed by atoms with van der Waals surface area (Å²) in [5.41, 5.74) is 3.51. The number of carboxylic acid groups (broad SMARTS) is 1. The summed E-state index contributed by atoms with van der Waals surface area (Å²) in [7, 11) is 0. The van der Waals surface area contributed by atoms with Gasteiger partial charge in [-0.15, -0.1) is 0 Å². The molecule has 0 bridgehead atoms. The number of hydrogen-bond donors (Lipinski definition) is 1. The molecular weight excluding hydrogens is 216 g/mol. The monoisotopic (exact) mass is 226 g/mol. The van der Waals surface area contributed by atoms with Gasteiger partial charge in [0.25, 0.3) is 0 Å². The van der Waals surface area contributed by atoms with Crippen LogP contribution < -0.4 is 10.6 Å². The third kappa shape index (κ3) is 1.21. The highest BCUT2D eigenvalue weighted by atomic mass is 16.4. The van der Waals surface area contributed by atoms with E-state index in [2.05, 4.69) is 9.98 Å². The summed E-state index contributed by atoms with van der Waals surface area (Å²) in [4.78, 5) is 20.0. The first-order valence-corrected chi connectivity index (χ1v) is 5.31. The zero-order chi connectivity index (χ0) is 12.2. The van der Waals surface area contributed by atoms with Gasteiger partial charge in [0, 0.05) is 22.7 Å². The van der Waals surface area contributed by atoms with E-state index in [-0.39, 0.29) is 0 Å². The van der Waals surface area contributed by atoms with Crippen molar-refractivity contribution in [3.8, 4) is 0 Å². The van der Waals surface area contributed by atoms with Crippen molar-refractivity contribution in [3.05, 3.63) is 34.0 Å². The molecule has 0 unspecified atom stereocenters. The van der Waals surface area contributed by atoms with Crippen molar-refractivity contribution in [3.63, 3.8) is 0 Å². The van der Waals surface area contributed by atoms with E-state index < -0.39 is 5.97 Å². The van der Waals surface area contributed by atoms with Gasteiger partial charge in [0.15, 0.2) is 0 Å². The van der Waals surface area contributed by atoms with Crippen molar-refractivity contribution in [2.45, 2.75) is 13.8 Å². The molecule has 0 fully saturated rings. The van der Waals surface area contributed by atoms with Crippen LogP contribution in [-0.4, -0.2) is 16.8 Å². The highest BCUT2D eigenvalue weighted by Crippen LogP contribution is 2.20. The smallest absolute Gasteiger partial charge is 0.337 e. The molecule has 2 aliphatic rings. The maximum atomic E-state index is 11.4. The molecule has 4 heteroatoms. The van der Waals surface area contributed by atoms with Crippen LogP contribution in [0.4, 0.5) is 5.69 Å². The van der Waals surface area contributed by atoms with Crippen molar-refractivity contribution < 1.29 is 9.90 Å². The van der Waals surface area contributed by atoms with E-state index in [4.69, 9.17) is 0 Å². The second kappa shape index (κ2) is 3.13. The lowest BCUT2D eigenvalue weighted by Gasteiger charge is -2.02. The number of benzene rings is 1. The fourth-order valence-electron chi connectivity index (χ4n) is 2.27. The van der Waals surface area contributed by atoms with Gasteiger partial charge in [-0.3, -0.25) is 9.98 Å². The number of nitrogens with zero attached hydrogens (tertiary/aromatic N) is 2. The number of carbonyl (C=O) groups is 1. The molecule has 2 heterocycles. The number of hydrogen-bond acceptors (Lipinski definition) is 3. The molecule has 2 aliphatic heterocycles. The summed E-state index contributed by atoms with van der Waals surface area (Å²) < 4.78 is 0. The Labute approximate surface area is 97.3 Å². The number of aliphatic imine (C=N–C) groups is 1. The Balaban J connectivity index is 2.56.